The Morgan fingerprint density at radius 3 is 1.67 bits per heavy atom. The molecule has 0 aromatic heterocycles. The van der Waals surface area contributed by atoms with Crippen molar-refractivity contribution in [2.45, 2.75) is 32.6 Å². The number of aryl methyl sites for hydroxylation is 1. The van der Waals surface area contributed by atoms with Crippen molar-refractivity contribution < 1.29 is 9.47 Å². The Kier molecular flexibility index (Phi) is 6.54. The molecule has 27 heavy (non-hydrogen) atoms. The van der Waals surface area contributed by atoms with E-state index >= 15 is 0 Å². The van der Waals surface area contributed by atoms with Gasteiger partial charge in [0.15, 0.2) is 0 Å². The van der Waals surface area contributed by atoms with Gasteiger partial charge in [0.2, 0.25) is 0 Å². The second kappa shape index (κ2) is 9.27. The first-order chi connectivity index (χ1) is 13.3. The van der Waals surface area contributed by atoms with E-state index in [1.807, 2.05) is 18.2 Å². The highest BCUT2D eigenvalue weighted by molar-refractivity contribution is 5.78. The lowest BCUT2D eigenvalue weighted by molar-refractivity contribution is 0.397. The van der Waals surface area contributed by atoms with Gasteiger partial charge < -0.3 is 9.47 Å². The van der Waals surface area contributed by atoms with Crippen LogP contribution >= 0.6 is 0 Å². The van der Waals surface area contributed by atoms with Crippen LogP contribution < -0.4 is 9.47 Å². The van der Waals surface area contributed by atoms with Crippen LogP contribution in [0.4, 0.5) is 0 Å². The first-order valence-corrected chi connectivity index (χ1v) is 9.67. The van der Waals surface area contributed by atoms with Gasteiger partial charge in [-0.3, -0.25) is 0 Å². The minimum absolute atomic E-state index is 0.818. The zero-order valence-corrected chi connectivity index (χ0v) is 16.5. The van der Waals surface area contributed by atoms with E-state index in [1.54, 1.807) is 14.2 Å². The van der Waals surface area contributed by atoms with E-state index in [1.165, 1.54) is 42.4 Å². The molecule has 2 heteroatoms. The van der Waals surface area contributed by atoms with Crippen molar-refractivity contribution in [1.29, 1.82) is 0 Å². The molecule has 0 radical (unpaired) electrons. The fourth-order valence-corrected chi connectivity index (χ4v) is 3.41. The van der Waals surface area contributed by atoms with E-state index in [0.717, 1.165) is 22.6 Å². The highest BCUT2D eigenvalue weighted by Gasteiger charge is 2.12. The fourth-order valence-electron chi connectivity index (χ4n) is 3.41. The molecule has 140 valence electrons. The largest absolute Gasteiger partial charge is 0.496 e. The predicted molar refractivity (Wildman–Crippen MR) is 114 cm³/mol. The van der Waals surface area contributed by atoms with Crippen LogP contribution in [0.5, 0.6) is 11.5 Å². The Bertz CT molecular complexity index is 826. The number of methoxy groups -OCH3 is 2. The first kappa shape index (κ1) is 19.0. The van der Waals surface area contributed by atoms with Gasteiger partial charge in [-0.05, 0) is 47.2 Å². The molecule has 3 aromatic carbocycles. The molecule has 0 heterocycles. The first-order valence-electron chi connectivity index (χ1n) is 9.67. The number of hydrogen-bond donors (Lipinski definition) is 0. The number of benzene rings is 3. The third kappa shape index (κ3) is 4.51. The van der Waals surface area contributed by atoms with Crippen LogP contribution in [0.2, 0.25) is 0 Å². The van der Waals surface area contributed by atoms with Crippen LogP contribution in [0.1, 0.15) is 31.7 Å². The molecule has 3 rings (SSSR count). The molecule has 0 spiro atoms. The molecule has 0 bridgehead atoms. The maximum absolute atomic E-state index is 5.53. The van der Waals surface area contributed by atoms with Gasteiger partial charge in [-0.2, -0.15) is 0 Å². The SMILES string of the molecule is CCCCCc1ccc(-c2ccc(-c3c(OC)cccc3OC)cc2)cc1. The van der Waals surface area contributed by atoms with E-state index in [0.29, 0.717) is 0 Å². The Morgan fingerprint density at radius 1 is 0.630 bits per heavy atom. The van der Waals surface area contributed by atoms with Gasteiger partial charge in [0.05, 0.1) is 19.8 Å². The highest BCUT2D eigenvalue weighted by Crippen LogP contribution is 2.38. The monoisotopic (exact) mass is 360 g/mol. The lowest BCUT2D eigenvalue weighted by atomic mass is 9.98. The lowest BCUT2D eigenvalue weighted by Gasteiger charge is -2.13. The number of hydrogen-bond acceptors (Lipinski definition) is 2. The van der Waals surface area contributed by atoms with Crippen molar-refractivity contribution in [2.75, 3.05) is 14.2 Å². The van der Waals surface area contributed by atoms with Gasteiger partial charge in [-0.15, -0.1) is 0 Å². The minimum atomic E-state index is 0.818. The molecule has 0 saturated carbocycles. The van der Waals surface area contributed by atoms with Crippen LogP contribution in [-0.2, 0) is 6.42 Å². The summed E-state index contributed by atoms with van der Waals surface area (Å²) in [5.74, 6) is 1.64. The van der Waals surface area contributed by atoms with Crippen molar-refractivity contribution in [3.8, 4) is 33.8 Å². The van der Waals surface area contributed by atoms with Gasteiger partial charge in [0.1, 0.15) is 11.5 Å². The van der Waals surface area contributed by atoms with Gasteiger partial charge in [0.25, 0.3) is 0 Å². The Morgan fingerprint density at radius 2 is 1.15 bits per heavy atom. The zero-order chi connectivity index (χ0) is 19.1. The molecule has 0 saturated heterocycles. The molecule has 0 atom stereocenters. The number of unbranched alkanes of at least 4 members (excludes halogenated alkanes) is 2. The summed E-state index contributed by atoms with van der Waals surface area (Å²) >= 11 is 0. The van der Waals surface area contributed by atoms with Crippen LogP contribution in [0.3, 0.4) is 0 Å². The van der Waals surface area contributed by atoms with Crippen molar-refractivity contribution in [1.82, 2.24) is 0 Å². The molecule has 3 aromatic rings. The zero-order valence-electron chi connectivity index (χ0n) is 16.5. The van der Waals surface area contributed by atoms with Gasteiger partial charge in [0, 0.05) is 0 Å². The number of rotatable bonds is 8. The molecule has 0 aliphatic heterocycles. The molecule has 0 amide bonds. The second-order valence-corrected chi connectivity index (χ2v) is 6.77. The van der Waals surface area contributed by atoms with Crippen molar-refractivity contribution in [3.63, 3.8) is 0 Å². The smallest absolute Gasteiger partial charge is 0.130 e. The van der Waals surface area contributed by atoms with Crippen molar-refractivity contribution >= 4 is 0 Å². The Balaban J connectivity index is 1.82. The Labute approximate surface area is 162 Å². The van der Waals surface area contributed by atoms with Gasteiger partial charge in [-0.25, -0.2) is 0 Å². The van der Waals surface area contributed by atoms with E-state index in [9.17, 15) is 0 Å². The maximum atomic E-state index is 5.53. The molecule has 0 aliphatic carbocycles. The van der Waals surface area contributed by atoms with Crippen LogP contribution in [-0.4, -0.2) is 14.2 Å². The molecular weight excluding hydrogens is 332 g/mol. The normalized spacial score (nSPS) is 10.6. The van der Waals surface area contributed by atoms with E-state index in [-0.39, 0.29) is 0 Å². The average Bonchev–Trinajstić information content (AvgIpc) is 2.74. The summed E-state index contributed by atoms with van der Waals surface area (Å²) in [6.07, 6.45) is 5.00. The summed E-state index contributed by atoms with van der Waals surface area (Å²) in [5, 5.41) is 0. The van der Waals surface area contributed by atoms with Crippen molar-refractivity contribution in [2.24, 2.45) is 0 Å². The second-order valence-electron chi connectivity index (χ2n) is 6.77. The van der Waals surface area contributed by atoms with Crippen LogP contribution in [0, 0.1) is 0 Å². The topological polar surface area (TPSA) is 18.5 Å². The summed E-state index contributed by atoms with van der Waals surface area (Å²) in [7, 11) is 3.38. The van der Waals surface area contributed by atoms with Crippen LogP contribution in [0.25, 0.3) is 22.3 Å². The standard InChI is InChI=1S/C25H28O2/c1-4-5-6-8-19-11-13-20(14-12-19)21-15-17-22(18-16-21)25-23(26-2)9-7-10-24(25)27-3/h7,9-18H,4-6,8H2,1-3H3. The molecule has 2 nitrogen and oxygen atoms in total. The molecule has 0 aliphatic rings. The van der Waals surface area contributed by atoms with Crippen molar-refractivity contribution in [3.05, 3.63) is 72.3 Å². The maximum Gasteiger partial charge on any atom is 0.130 e. The average molecular weight is 360 g/mol. The molecule has 0 N–H and O–H groups in total. The summed E-state index contributed by atoms with van der Waals surface area (Å²) in [4.78, 5) is 0. The summed E-state index contributed by atoms with van der Waals surface area (Å²) in [5.41, 5.74) is 5.95. The molecule has 0 fully saturated rings. The lowest BCUT2D eigenvalue weighted by Crippen LogP contribution is -1.93. The predicted octanol–water partition coefficient (Wildman–Crippen LogP) is 6.77. The molecular formula is C25H28O2. The Hall–Kier alpha value is -2.74. The highest BCUT2D eigenvalue weighted by atomic mass is 16.5. The summed E-state index contributed by atoms with van der Waals surface area (Å²) in [6.45, 7) is 2.24. The van der Waals surface area contributed by atoms with E-state index < -0.39 is 0 Å². The van der Waals surface area contributed by atoms with E-state index in [4.69, 9.17) is 9.47 Å². The molecule has 0 unspecified atom stereocenters. The summed E-state index contributed by atoms with van der Waals surface area (Å²) in [6, 6.07) is 23.4. The van der Waals surface area contributed by atoms with Gasteiger partial charge in [-0.1, -0.05) is 74.4 Å². The third-order valence-electron chi connectivity index (χ3n) is 4.96. The fraction of sp³-hybridized carbons (Fsp3) is 0.280. The number of ether oxygens (including phenoxy) is 2. The quantitative estimate of drug-likeness (QED) is 0.413. The minimum Gasteiger partial charge on any atom is -0.496 e. The summed E-state index contributed by atoms with van der Waals surface area (Å²) < 4.78 is 11.1. The van der Waals surface area contributed by atoms with Gasteiger partial charge >= 0.3 is 0 Å². The van der Waals surface area contributed by atoms with Crippen LogP contribution in [0.15, 0.2) is 66.7 Å². The third-order valence-corrected chi connectivity index (χ3v) is 4.96. The van der Waals surface area contributed by atoms with E-state index in [2.05, 4.69) is 55.5 Å².